The lowest BCUT2D eigenvalue weighted by Gasteiger charge is -2.22. The van der Waals surface area contributed by atoms with Crippen molar-refractivity contribution in [1.82, 2.24) is 4.90 Å². The molecule has 0 aliphatic rings. The average molecular weight is 330 g/mol. The number of rotatable bonds is 9. The molecule has 3 nitrogen and oxygen atoms in total. The number of nitrogens with zero attached hydrogens (tertiary/aromatic N) is 1. The highest BCUT2D eigenvalue weighted by Crippen LogP contribution is 2.20. The van der Waals surface area contributed by atoms with E-state index in [9.17, 15) is 5.11 Å². The van der Waals surface area contributed by atoms with Crippen LogP contribution < -0.4 is 0 Å². The minimum Gasteiger partial charge on any atom is -0.395 e. The zero-order chi connectivity index (χ0) is 14.1. The Balaban J connectivity index is 2.44. The van der Waals surface area contributed by atoms with E-state index in [-0.39, 0.29) is 6.61 Å². The summed E-state index contributed by atoms with van der Waals surface area (Å²) < 4.78 is 0.988. The van der Waals surface area contributed by atoms with E-state index in [1.165, 1.54) is 0 Å². The predicted octanol–water partition coefficient (Wildman–Crippen LogP) is 2.97. The summed E-state index contributed by atoms with van der Waals surface area (Å²) in [6.45, 7) is 4.83. The first kappa shape index (κ1) is 16.6. The number of aliphatic hydroxyl groups is 2. The van der Waals surface area contributed by atoms with Gasteiger partial charge in [0, 0.05) is 17.6 Å². The van der Waals surface area contributed by atoms with Gasteiger partial charge in [-0.15, -0.1) is 0 Å². The molecule has 0 amide bonds. The molecule has 1 atom stereocenters. The summed E-state index contributed by atoms with van der Waals surface area (Å²) in [5, 5.41) is 19.2. The molecule has 0 spiro atoms. The van der Waals surface area contributed by atoms with Gasteiger partial charge in [-0.05, 0) is 37.1 Å². The number of halogens is 1. The second-order valence-electron chi connectivity index (χ2n) is 4.78. The molecular formula is C15H24BrNO2. The zero-order valence-corrected chi connectivity index (χ0v) is 13.1. The monoisotopic (exact) mass is 329 g/mol. The number of hydrogen-bond donors (Lipinski definition) is 2. The Bertz CT molecular complexity index is 360. The van der Waals surface area contributed by atoms with Crippen LogP contribution in [-0.2, 0) is 0 Å². The van der Waals surface area contributed by atoms with Crippen LogP contribution in [0.4, 0.5) is 0 Å². The third-order valence-electron chi connectivity index (χ3n) is 3.20. The Hall–Kier alpha value is -0.420. The highest BCUT2D eigenvalue weighted by molar-refractivity contribution is 9.10. The van der Waals surface area contributed by atoms with Gasteiger partial charge < -0.3 is 15.1 Å². The molecule has 0 radical (unpaired) electrons. The second kappa shape index (κ2) is 9.48. The number of aliphatic hydroxyl groups excluding tert-OH is 2. The van der Waals surface area contributed by atoms with Crippen molar-refractivity contribution in [3.63, 3.8) is 0 Å². The average Bonchev–Trinajstić information content (AvgIpc) is 2.41. The van der Waals surface area contributed by atoms with Crippen LogP contribution in [0.5, 0.6) is 0 Å². The Morgan fingerprint density at radius 2 is 2.05 bits per heavy atom. The molecule has 2 N–H and O–H groups in total. The molecule has 0 bridgehead atoms. The van der Waals surface area contributed by atoms with Gasteiger partial charge in [0.15, 0.2) is 0 Å². The summed E-state index contributed by atoms with van der Waals surface area (Å²) in [4.78, 5) is 2.21. The SMILES string of the molecule is CCCCN(CCO)CCC(O)c1cccc(Br)c1. The van der Waals surface area contributed by atoms with Gasteiger partial charge in [-0.3, -0.25) is 0 Å². The first-order valence-corrected chi connectivity index (χ1v) is 7.73. The normalized spacial score (nSPS) is 12.9. The maximum atomic E-state index is 10.2. The van der Waals surface area contributed by atoms with Gasteiger partial charge in [-0.1, -0.05) is 41.4 Å². The van der Waals surface area contributed by atoms with Crippen molar-refractivity contribution in [3.8, 4) is 0 Å². The Kier molecular flexibility index (Phi) is 8.30. The lowest BCUT2D eigenvalue weighted by molar-refractivity contribution is 0.130. The molecule has 1 aromatic carbocycles. The first-order valence-electron chi connectivity index (χ1n) is 6.94. The highest BCUT2D eigenvalue weighted by Gasteiger charge is 2.11. The minimum absolute atomic E-state index is 0.177. The minimum atomic E-state index is -0.444. The van der Waals surface area contributed by atoms with E-state index in [2.05, 4.69) is 27.8 Å². The highest BCUT2D eigenvalue weighted by atomic mass is 79.9. The summed E-state index contributed by atoms with van der Waals surface area (Å²) in [6.07, 6.45) is 2.53. The van der Waals surface area contributed by atoms with Crippen molar-refractivity contribution in [3.05, 3.63) is 34.3 Å². The van der Waals surface area contributed by atoms with Crippen LogP contribution in [0.25, 0.3) is 0 Å². The van der Waals surface area contributed by atoms with Gasteiger partial charge in [-0.25, -0.2) is 0 Å². The van der Waals surface area contributed by atoms with Gasteiger partial charge in [0.1, 0.15) is 0 Å². The van der Waals surface area contributed by atoms with Gasteiger partial charge in [0.25, 0.3) is 0 Å². The molecule has 0 fully saturated rings. The molecule has 1 aromatic rings. The molecule has 0 aliphatic carbocycles. The van der Waals surface area contributed by atoms with Crippen molar-refractivity contribution in [1.29, 1.82) is 0 Å². The Morgan fingerprint density at radius 1 is 1.26 bits per heavy atom. The van der Waals surface area contributed by atoms with Crippen molar-refractivity contribution in [2.24, 2.45) is 0 Å². The van der Waals surface area contributed by atoms with Crippen LogP contribution in [0.3, 0.4) is 0 Å². The smallest absolute Gasteiger partial charge is 0.0802 e. The molecule has 4 heteroatoms. The van der Waals surface area contributed by atoms with Crippen molar-refractivity contribution >= 4 is 15.9 Å². The quantitative estimate of drug-likeness (QED) is 0.732. The summed E-state index contributed by atoms with van der Waals surface area (Å²) >= 11 is 3.41. The summed E-state index contributed by atoms with van der Waals surface area (Å²) in [5.41, 5.74) is 0.939. The molecule has 1 rings (SSSR count). The molecule has 0 heterocycles. The van der Waals surface area contributed by atoms with Crippen LogP contribution in [0, 0.1) is 0 Å². The Labute approximate surface area is 124 Å². The maximum absolute atomic E-state index is 10.2. The van der Waals surface area contributed by atoms with E-state index < -0.39 is 6.10 Å². The second-order valence-corrected chi connectivity index (χ2v) is 5.69. The van der Waals surface area contributed by atoms with Crippen molar-refractivity contribution in [2.45, 2.75) is 32.3 Å². The lowest BCUT2D eigenvalue weighted by Crippen LogP contribution is -2.30. The molecule has 0 aromatic heterocycles. The molecule has 0 saturated carbocycles. The van der Waals surface area contributed by atoms with Gasteiger partial charge in [0.05, 0.1) is 12.7 Å². The molecule has 1 unspecified atom stereocenters. The third-order valence-corrected chi connectivity index (χ3v) is 3.69. The number of hydrogen-bond acceptors (Lipinski definition) is 3. The van der Waals surface area contributed by atoms with Gasteiger partial charge >= 0.3 is 0 Å². The van der Waals surface area contributed by atoms with Gasteiger partial charge in [0.2, 0.25) is 0 Å². The summed E-state index contributed by atoms with van der Waals surface area (Å²) in [6, 6.07) is 7.78. The zero-order valence-electron chi connectivity index (χ0n) is 11.6. The van der Waals surface area contributed by atoms with E-state index >= 15 is 0 Å². The topological polar surface area (TPSA) is 43.7 Å². The van der Waals surface area contributed by atoms with Crippen molar-refractivity contribution in [2.75, 3.05) is 26.2 Å². The van der Waals surface area contributed by atoms with Crippen molar-refractivity contribution < 1.29 is 10.2 Å². The maximum Gasteiger partial charge on any atom is 0.0802 e. The van der Waals surface area contributed by atoms with E-state index in [1.54, 1.807) is 0 Å². The van der Waals surface area contributed by atoms with Crippen LogP contribution in [0.15, 0.2) is 28.7 Å². The molecule has 0 saturated heterocycles. The number of unbranched alkanes of at least 4 members (excludes halogenated alkanes) is 1. The lowest BCUT2D eigenvalue weighted by atomic mass is 10.1. The summed E-state index contributed by atoms with van der Waals surface area (Å²) in [7, 11) is 0. The third kappa shape index (κ3) is 6.52. The fourth-order valence-electron chi connectivity index (χ4n) is 2.04. The fraction of sp³-hybridized carbons (Fsp3) is 0.600. The van der Waals surface area contributed by atoms with E-state index in [4.69, 9.17) is 5.11 Å². The van der Waals surface area contributed by atoms with E-state index in [1.807, 2.05) is 24.3 Å². The van der Waals surface area contributed by atoms with Crippen LogP contribution in [0.2, 0.25) is 0 Å². The molecule has 108 valence electrons. The largest absolute Gasteiger partial charge is 0.395 e. The molecule has 19 heavy (non-hydrogen) atoms. The van der Waals surface area contributed by atoms with E-state index in [0.29, 0.717) is 13.0 Å². The Morgan fingerprint density at radius 3 is 2.68 bits per heavy atom. The number of benzene rings is 1. The van der Waals surface area contributed by atoms with Crippen LogP contribution in [-0.4, -0.2) is 41.4 Å². The summed E-state index contributed by atoms with van der Waals surface area (Å²) in [5.74, 6) is 0. The molecule has 0 aliphatic heterocycles. The fourth-order valence-corrected chi connectivity index (χ4v) is 2.46. The first-order chi connectivity index (χ1) is 9.17. The van der Waals surface area contributed by atoms with Gasteiger partial charge in [-0.2, -0.15) is 0 Å². The van der Waals surface area contributed by atoms with Crippen LogP contribution >= 0.6 is 15.9 Å². The van der Waals surface area contributed by atoms with E-state index in [0.717, 1.165) is 36.0 Å². The standard InChI is InChI=1S/C15H24BrNO2/c1-2-3-8-17(10-11-18)9-7-15(19)13-5-4-6-14(16)12-13/h4-6,12,15,18-19H,2-3,7-11H2,1H3. The van der Waals surface area contributed by atoms with Crippen LogP contribution in [0.1, 0.15) is 37.9 Å². The predicted molar refractivity (Wildman–Crippen MR) is 82.2 cm³/mol. The molecular weight excluding hydrogens is 306 g/mol.